The molecule has 2 saturated heterocycles. The predicted octanol–water partition coefficient (Wildman–Crippen LogP) is 2.33. The topological polar surface area (TPSA) is 27.6 Å². The van der Waals surface area contributed by atoms with E-state index in [2.05, 4.69) is 24.1 Å². The Kier molecular flexibility index (Phi) is 5.16. The van der Waals surface area contributed by atoms with Gasteiger partial charge in [-0.25, -0.2) is 0 Å². The Bertz CT molecular complexity index is 261. The Morgan fingerprint density at radius 3 is 2.88 bits per heavy atom. The highest BCUT2D eigenvalue weighted by Gasteiger charge is 2.17. The highest BCUT2D eigenvalue weighted by atomic mass is 32.2. The molecule has 4 heteroatoms. The largest absolute Gasteiger partial charge is 0.362 e. The van der Waals surface area contributed by atoms with E-state index in [0.29, 0.717) is 12.1 Å². The van der Waals surface area contributed by atoms with Crippen LogP contribution in [0.2, 0.25) is 0 Å². The molecule has 3 nitrogen and oxygen atoms in total. The van der Waals surface area contributed by atoms with Crippen molar-refractivity contribution in [3.63, 3.8) is 0 Å². The first-order valence-corrected chi connectivity index (χ1v) is 7.92. The summed E-state index contributed by atoms with van der Waals surface area (Å²) in [5, 5.41) is 4.63. The van der Waals surface area contributed by atoms with Gasteiger partial charge in [-0.15, -0.1) is 0 Å². The monoisotopic (exact) mass is 255 g/mol. The molecule has 0 bridgehead atoms. The van der Waals surface area contributed by atoms with Crippen LogP contribution in [0.1, 0.15) is 39.5 Å². The normalized spacial score (nSPS) is 31.2. The lowest BCUT2D eigenvalue weighted by molar-refractivity contribution is 0.178. The molecule has 0 saturated carbocycles. The SMILES string of the molecule is CC1CCSC(=NCC(C)N2CCCCC2)N1. The standard InChI is InChI=1S/C13H25N3S/c1-11-6-9-17-13(15-11)14-10-12(2)16-7-4-3-5-8-16/h11-12H,3-10H2,1-2H3,(H,14,15). The molecule has 2 rings (SSSR count). The average Bonchev–Trinajstić information content (AvgIpc) is 2.37. The molecule has 2 unspecified atom stereocenters. The first-order chi connectivity index (χ1) is 8.25. The van der Waals surface area contributed by atoms with Gasteiger partial charge in [-0.3, -0.25) is 9.89 Å². The van der Waals surface area contributed by atoms with E-state index in [1.54, 1.807) is 0 Å². The molecule has 2 aliphatic heterocycles. The van der Waals surface area contributed by atoms with Crippen LogP contribution in [0.4, 0.5) is 0 Å². The quantitative estimate of drug-likeness (QED) is 0.839. The summed E-state index contributed by atoms with van der Waals surface area (Å²) in [5.74, 6) is 1.21. The van der Waals surface area contributed by atoms with Crippen molar-refractivity contribution in [1.29, 1.82) is 0 Å². The Morgan fingerprint density at radius 2 is 2.18 bits per heavy atom. The van der Waals surface area contributed by atoms with Gasteiger partial charge < -0.3 is 5.32 Å². The highest BCUT2D eigenvalue weighted by Crippen LogP contribution is 2.15. The van der Waals surface area contributed by atoms with Gasteiger partial charge in [0.1, 0.15) is 0 Å². The Labute approximate surface area is 109 Å². The molecule has 0 spiro atoms. The second-order valence-corrected chi connectivity index (χ2v) is 6.36. The summed E-state index contributed by atoms with van der Waals surface area (Å²) in [5.41, 5.74) is 0. The van der Waals surface area contributed by atoms with Crippen molar-refractivity contribution in [3.8, 4) is 0 Å². The minimum atomic E-state index is 0.597. The maximum atomic E-state index is 4.74. The van der Waals surface area contributed by atoms with Gasteiger partial charge in [-0.05, 0) is 46.2 Å². The van der Waals surface area contributed by atoms with Crippen LogP contribution in [-0.2, 0) is 0 Å². The number of amidine groups is 1. The van der Waals surface area contributed by atoms with E-state index in [-0.39, 0.29) is 0 Å². The minimum absolute atomic E-state index is 0.597. The minimum Gasteiger partial charge on any atom is -0.362 e. The van der Waals surface area contributed by atoms with E-state index in [1.807, 2.05) is 11.8 Å². The number of nitrogens with one attached hydrogen (secondary N) is 1. The van der Waals surface area contributed by atoms with Gasteiger partial charge in [0, 0.05) is 17.8 Å². The summed E-state index contributed by atoms with van der Waals surface area (Å²) in [7, 11) is 0. The van der Waals surface area contributed by atoms with Gasteiger partial charge in [0.15, 0.2) is 5.17 Å². The number of nitrogens with zero attached hydrogens (tertiary/aromatic N) is 2. The maximum absolute atomic E-state index is 4.74. The zero-order valence-corrected chi connectivity index (χ0v) is 11.9. The average molecular weight is 255 g/mol. The molecule has 2 heterocycles. The summed E-state index contributed by atoms with van der Waals surface area (Å²) in [6, 6.07) is 1.20. The summed E-state index contributed by atoms with van der Waals surface area (Å²) in [6.45, 7) is 8.03. The number of thioether (sulfide) groups is 1. The molecule has 0 aliphatic carbocycles. The first-order valence-electron chi connectivity index (χ1n) is 6.93. The van der Waals surface area contributed by atoms with Crippen LogP contribution in [0.15, 0.2) is 4.99 Å². The molecular formula is C13H25N3S. The molecule has 0 aromatic carbocycles. The molecule has 0 amide bonds. The van der Waals surface area contributed by atoms with E-state index in [1.165, 1.54) is 44.5 Å². The van der Waals surface area contributed by atoms with Crippen LogP contribution >= 0.6 is 11.8 Å². The van der Waals surface area contributed by atoms with Crippen LogP contribution in [0.5, 0.6) is 0 Å². The van der Waals surface area contributed by atoms with Crippen LogP contribution in [0, 0.1) is 0 Å². The summed E-state index contributed by atoms with van der Waals surface area (Å²) < 4.78 is 0. The fraction of sp³-hybridized carbons (Fsp3) is 0.923. The lowest BCUT2D eigenvalue weighted by Crippen LogP contribution is -2.40. The lowest BCUT2D eigenvalue weighted by Gasteiger charge is -2.31. The third-order valence-corrected chi connectivity index (χ3v) is 4.63. The third kappa shape index (κ3) is 4.18. The van der Waals surface area contributed by atoms with Crippen molar-refractivity contribution in [3.05, 3.63) is 0 Å². The number of hydrogen-bond acceptors (Lipinski definition) is 3. The Balaban J connectivity index is 1.77. The van der Waals surface area contributed by atoms with E-state index < -0.39 is 0 Å². The van der Waals surface area contributed by atoms with Gasteiger partial charge in [0.05, 0.1) is 6.54 Å². The summed E-state index contributed by atoms with van der Waals surface area (Å²) in [6.07, 6.45) is 5.40. The molecule has 0 radical (unpaired) electrons. The molecular weight excluding hydrogens is 230 g/mol. The number of rotatable bonds is 3. The highest BCUT2D eigenvalue weighted by molar-refractivity contribution is 8.13. The third-order valence-electron chi connectivity index (χ3n) is 3.67. The molecule has 2 aliphatic rings. The van der Waals surface area contributed by atoms with Gasteiger partial charge in [0.25, 0.3) is 0 Å². The van der Waals surface area contributed by atoms with Crippen molar-refractivity contribution in [1.82, 2.24) is 10.2 Å². The van der Waals surface area contributed by atoms with E-state index >= 15 is 0 Å². The molecule has 2 atom stereocenters. The van der Waals surface area contributed by atoms with Crippen LogP contribution in [-0.4, -0.2) is 47.5 Å². The van der Waals surface area contributed by atoms with Gasteiger partial charge >= 0.3 is 0 Å². The van der Waals surface area contributed by atoms with Crippen molar-refractivity contribution in [2.75, 3.05) is 25.4 Å². The molecule has 17 heavy (non-hydrogen) atoms. The van der Waals surface area contributed by atoms with E-state index in [4.69, 9.17) is 4.99 Å². The number of hydrogen-bond donors (Lipinski definition) is 1. The molecule has 0 aromatic rings. The van der Waals surface area contributed by atoms with Gasteiger partial charge in [-0.2, -0.15) is 0 Å². The van der Waals surface area contributed by atoms with Crippen LogP contribution < -0.4 is 5.32 Å². The fourth-order valence-electron chi connectivity index (χ4n) is 2.44. The van der Waals surface area contributed by atoms with E-state index in [9.17, 15) is 0 Å². The second-order valence-electron chi connectivity index (χ2n) is 5.27. The zero-order chi connectivity index (χ0) is 12.1. The van der Waals surface area contributed by atoms with E-state index in [0.717, 1.165) is 11.7 Å². The number of piperidine rings is 1. The zero-order valence-electron chi connectivity index (χ0n) is 11.1. The maximum Gasteiger partial charge on any atom is 0.156 e. The number of aliphatic imine (C=N–C) groups is 1. The molecule has 98 valence electrons. The van der Waals surface area contributed by atoms with Gasteiger partial charge in [-0.1, -0.05) is 18.2 Å². The fourth-order valence-corrected chi connectivity index (χ4v) is 3.55. The van der Waals surface area contributed by atoms with Gasteiger partial charge in [0.2, 0.25) is 0 Å². The Hall–Kier alpha value is -0.220. The summed E-state index contributed by atoms with van der Waals surface area (Å²) >= 11 is 1.88. The molecule has 1 N–H and O–H groups in total. The van der Waals surface area contributed by atoms with Crippen LogP contribution in [0.3, 0.4) is 0 Å². The summed E-state index contributed by atoms with van der Waals surface area (Å²) in [4.78, 5) is 7.32. The predicted molar refractivity (Wildman–Crippen MR) is 76.9 cm³/mol. The molecule has 0 aromatic heterocycles. The number of likely N-dealkylation sites (tertiary alicyclic amines) is 1. The molecule has 2 fully saturated rings. The van der Waals surface area contributed by atoms with Crippen molar-refractivity contribution >= 4 is 16.9 Å². The van der Waals surface area contributed by atoms with Crippen LogP contribution in [0.25, 0.3) is 0 Å². The van der Waals surface area contributed by atoms with Crippen molar-refractivity contribution in [2.45, 2.75) is 51.6 Å². The van der Waals surface area contributed by atoms with Crippen molar-refractivity contribution < 1.29 is 0 Å². The second kappa shape index (κ2) is 6.64. The first kappa shape index (κ1) is 13.2. The van der Waals surface area contributed by atoms with Crippen molar-refractivity contribution in [2.24, 2.45) is 4.99 Å². The lowest BCUT2D eigenvalue weighted by atomic mass is 10.1. The smallest absolute Gasteiger partial charge is 0.156 e. The Morgan fingerprint density at radius 1 is 1.41 bits per heavy atom.